The maximum absolute atomic E-state index is 4.13. The van der Waals surface area contributed by atoms with Crippen molar-refractivity contribution in [3.05, 3.63) is 42.2 Å². The number of hydrogen-bond acceptors (Lipinski definition) is 2. The van der Waals surface area contributed by atoms with Crippen LogP contribution in [0.25, 0.3) is 0 Å². The van der Waals surface area contributed by atoms with E-state index in [1.54, 1.807) is 6.20 Å². The van der Waals surface area contributed by atoms with Gasteiger partial charge in [0.15, 0.2) is 0 Å². The molecule has 0 amide bonds. The lowest BCUT2D eigenvalue weighted by atomic mass is 10.4. The minimum absolute atomic E-state index is 0.776. The molecule has 0 aliphatic rings. The first kappa shape index (κ1) is 9.02. The number of imidazole rings is 1. The minimum Gasteiger partial charge on any atom is -0.353 e. The summed E-state index contributed by atoms with van der Waals surface area (Å²) >= 11 is 0. The molecule has 14 heavy (non-hydrogen) atoms. The minimum atomic E-state index is 0.776. The van der Waals surface area contributed by atoms with Crippen LogP contribution >= 0.6 is 0 Å². The molecule has 2 aromatic heterocycles. The molecule has 0 saturated heterocycles. The van der Waals surface area contributed by atoms with E-state index in [1.807, 2.05) is 25.5 Å². The molecule has 0 aromatic carbocycles. The predicted octanol–water partition coefficient (Wildman–Crippen LogP) is 1.04. The van der Waals surface area contributed by atoms with Gasteiger partial charge in [-0.25, -0.2) is 4.98 Å². The van der Waals surface area contributed by atoms with Crippen molar-refractivity contribution in [2.75, 3.05) is 0 Å². The van der Waals surface area contributed by atoms with E-state index in [0.717, 1.165) is 18.9 Å². The number of H-pyrrole nitrogens is 1. The summed E-state index contributed by atoms with van der Waals surface area (Å²) in [6.45, 7) is 1.64. The van der Waals surface area contributed by atoms with Crippen LogP contribution < -0.4 is 5.32 Å². The van der Waals surface area contributed by atoms with Gasteiger partial charge in [-0.2, -0.15) is 0 Å². The van der Waals surface area contributed by atoms with E-state index in [1.165, 1.54) is 5.69 Å². The number of nitrogens with zero attached hydrogens (tertiary/aromatic N) is 2. The summed E-state index contributed by atoms with van der Waals surface area (Å²) in [6.07, 6.45) is 5.64. The number of aromatic amines is 1. The zero-order valence-electron chi connectivity index (χ0n) is 8.20. The Morgan fingerprint density at radius 1 is 1.50 bits per heavy atom. The standard InChI is InChI=1S/C10H14N4/c1-14-6-2-3-9(14)7-11-8-10-12-4-5-13-10/h2-6,11H,7-8H2,1H3,(H,12,13). The Bertz CT molecular complexity index is 374. The summed E-state index contributed by atoms with van der Waals surface area (Å²) in [5.41, 5.74) is 1.27. The highest BCUT2D eigenvalue weighted by Crippen LogP contribution is 1.98. The quantitative estimate of drug-likeness (QED) is 0.756. The van der Waals surface area contributed by atoms with Gasteiger partial charge in [-0.05, 0) is 12.1 Å². The number of rotatable bonds is 4. The fraction of sp³-hybridized carbons (Fsp3) is 0.300. The van der Waals surface area contributed by atoms with Crippen LogP contribution in [-0.2, 0) is 20.1 Å². The first-order valence-electron chi connectivity index (χ1n) is 4.65. The molecular weight excluding hydrogens is 176 g/mol. The first-order valence-corrected chi connectivity index (χ1v) is 4.65. The van der Waals surface area contributed by atoms with Crippen molar-refractivity contribution in [2.24, 2.45) is 7.05 Å². The summed E-state index contributed by atoms with van der Waals surface area (Å²) in [6, 6.07) is 4.15. The molecule has 0 atom stereocenters. The van der Waals surface area contributed by atoms with Crippen molar-refractivity contribution in [1.82, 2.24) is 19.9 Å². The van der Waals surface area contributed by atoms with E-state index in [4.69, 9.17) is 0 Å². The maximum Gasteiger partial charge on any atom is 0.120 e. The fourth-order valence-corrected chi connectivity index (χ4v) is 1.38. The highest BCUT2D eigenvalue weighted by atomic mass is 15.0. The van der Waals surface area contributed by atoms with Gasteiger partial charge in [-0.1, -0.05) is 0 Å². The molecule has 0 radical (unpaired) electrons. The number of aromatic nitrogens is 3. The van der Waals surface area contributed by atoms with Crippen LogP contribution in [0.4, 0.5) is 0 Å². The molecule has 0 aliphatic heterocycles. The monoisotopic (exact) mass is 190 g/mol. The van der Waals surface area contributed by atoms with Gasteiger partial charge in [0.2, 0.25) is 0 Å². The lowest BCUT2D eigenvalue weighted by molar-refractivity contribution is 0.638. The van der Waals surface area contributed by atoms with E-state index in [2.05, 4.69) is 25.9 Å². The van der Waals surface area contributed by atoms with Crippen LogP contribution in [0.15, 0.2) is 30.7 Å². The van der Waals surface area contributed by atoms with Gasteiger partial charge in [-0.3, -0.25) is 0 Å². The molecule has 2 aromatic rings. The molecule has 74 valence electrons. The molecule has 0 unspecified atom stereocenters. The molecule has 2 rings (SSSR count). The van der Waals surface area contributed by atoms with Gasteiger partial charge in [0.25, 0.3) is 0 Å². The largest absolute Gasteiger partial charge is 0.353 e. The Morgan fingerprint density at radius 2 is 2.43 bits per heavy atom. The second kappa shape index (κ2) is 4.11. The Labute approximate surface area is 83.0 Å². The Hall–Kier alpha value is -1.55. The van der Waals surface area contributed by atoms with Crippen molar-refractivity contribution in [2.45, 2.75) is 13.1 Å². The molecule has 0 fully saturated rings. The lowest BCUT2D eigenvalue weighted by Gasteiger charge is -2.04. The van der Waals surface area contributed by atoms with Gasteiger partial charge in [0, 0.05) is 37.9 Å². The number of hydrogen-bond donors (Lipinski definition) is 2. The zero-order valence-corrected chi connectivity index (χ0v) is 8.20. The molecule has 4 heteroatoms. The van der Waals surface area contributed by atoms with E-state index < -0.39 is 0 Å². The van der Waals surface area contributed by atoms with E-state index in [9.17, 15) is 0 Å². The highest BCUT2D eigenvalue weighted by Gasteiger charge is 1.97. The molecule has 0 spiro atoms. The molecule has 4 nitrogen and oxygen atoms in total. The summed E-state index contributed by atoms with van der Waals surface area (Å²) in [4.78, 5) is 7.18. The van der Waals surface area contributed by atoms with Gasteiger partial charge >= 0.3 is 0 Å². The van der Waals surface area contributed by atoms with Gasteiger partial charge in [0.1, 0.15) is 5.82 Å². The second-order valence-corrected chi connectivity index (χ2v) is 3.25. The van der Waals surface area contributed by atoms with Crippen molar-refractivity contribution in [1.29, 1.82) is 0 Å². The smallest absolute Gasteiger partial charge is 0.120 e. The Kier molecular flexibility index (Phi) is 2.65. The lowest BCUT2D eigenvalue weighted by Crippen LogP contribution is -2.15. The van der Waals surface area contributed by atoms with Crippen molar-refractivity contribution in [3.63, 3.8) is 0 Å². The third kappa shape index (κ3) is 2.03. The summed E-state index contributed by atoms with van der Waals surface area (Å²) < 4.78 is 2.11. The van der Waals surface area contributed by atoms with Crippen LogP contribution in [0.5, 0.6) is 0 Å². The van der Waals surface area contributed by atoms with Crippen molar-refractivity contribution < 1.29 is 0 Å². The second-order valence-electron chi connectivity index (χ2n) is 3.25. The summed E-state index contributed by atoms with van der Waals surface area (Å²) in [7, 11) is 2.05. The topological polar surface area (TPSA) is 45.6 Å². The van der Waals surface area contributed by atoms with Crippen LogP contribution in [-0.4, -0.2) is 14.5 Å². The Balaban J connectivity index is 1.81. The zero-order chi connectivity index (χ0) is 9.80. The molecule has 2 heterocycles. The first-order chi connectivity index (χ1) is 6.86. The van der Waals surface area contributed by atoms with Crippen LogP contribution in [0.3, 0.4) is 0 Å². The third-order valence-electron chi connectivity index (χ3n) is 2.20. The number of nitrogens with one attached hydrogen (secondary N) is 2. The normalized spacial score (nSPS) is 10.6. The van der Waals surface area contributed by atoms with Gasteiger partial charge in [-0.15, -0.1) is 0 Å². The fourth-order valence-electron chi connectivity index (χ4n) is 1.38. The molecule has 0 aliphatic carbocycles. The van der Waals surface area contributed by atoms with E-state index >= 15 is 0 Å². The van der Waals surface area contributed by atoms with Crippen LogP contribution in [0.1, 0.15) is 11.5 Å². The van der Waals surface area contributed by atoms with E-state index in [-0.39, 0.29) is 0 Å². The molecule has 0 bridgehead atoms. The maximum atomic E-state index is 4.13. The van der Waals surface area contributed by atoms with Crippen LogP contribution in [0, 0.1) is 0 Å². The van der Waals surface area contributed by atoms with Crippen molar-refractivity contribution in [3.8, 4) is 0 Å². The average molecular weight is 190 g/mol. The predicted molar refractivity (Wildman–Crippen MR) is 54.5 cm³/mol. The SMILES string of the molecule is Cn1cccc1CNCc1ncc[nH]1. The molecular formula is C10H14N4. The van der Waals surface area contributed by atoms with Gasteiger partial charge < -0.3 is 14.9 Å². The van der Waals surface area contributed by atoms with E-state index in [0.29, 0.717) is 0 Å². The highest BCUT2D eigenvalue weighted by molar-refractivity contribution is 5.06. The number of aryl methyl sites for hydroxylation is 1. The summed E-state index contributed by atoms with van der Waals surface area (Å²) in [5.74, 6) is 0.971. The third-order valence-corrected chi connectivity index (χ3v) is 2.20. The average Bonchev–Trinajstić information content (AvgIpc) is 2.78. The molecule has 2 N–H and O–H groups in total. The van der Waals surface area contributed by atoms with Crippen molar-refractivity contribution >= 4 is 0 Å². The summed E-state index contributed by atoms with van der Waals surface area (Å²) in [5, 5.41) is 3.32. The Morgan fingerprint density at radius 3 is 3.07 bits per heavy atom. The van der Waals surface area contributed by atoms with Crippen LogP contribution in [0.2, 0.25) is 0 Å². The van der Waals surface area contributed by atoms with Gasteiger partial charge in [0.05, 0.1) is 6.54 Å². The molecule has 0 saturated carbocycles.